The standard InChI is InChI=1S/C14H17FN2O3/c1-2-11(18)8-13(19)17-6-5-9-7-10(14(16)20)3-4-12(9)15/h3-4,7H,2,5-6,8H2,1H3,(H2,16,20)(H,17,19). The molecule has 0 heterocycles. The lowest BCUT2D eigenvalue weighted by atomic mass is 10.1. The van der Waals surface area contributed by atoms with Crippen molar-refractivity contribution in [3.8, 4) is 0 Å². The predicted molar refractivity (Wildman–Crippen MR) is 71.5 cm³/mol. The molecule has 0 saturated carbocycles. The number of hydrogen-bond donors (Lipinski definition) is 2. The van der Waals surface area contributed by atoms with Gasteiger partial charge < -0.3 is 11.1 Å². The van der Waals surface area contributed by atoms with Crippen molar-refractivity contribution >= 4 is 17.6 Å². The number of carbonyl (C=O) groups is 3. The molecule has 0 atom stereocenters. The second kappa shape index (κ2) is 7.37. The molecule has 0 aliphatic carbocycles. The first-order valence-corrected chi connectivity index (χ1v) is 6.30. The van der Waals surface area contributed by atoms with E-state index in [0.29, 0.717) is 12.0 Å². The van der Waals surface area contributed by atoms with Gasteiger partial charge in [-0.2, -0.15) is 0 Å². The van der Waals surface area contributed by atoms with Crippen molar-refractivity contribution in [1.29, 1.82) is 0 Å². The summed E-state index contributed by atoms with van der Waals surface area (Å²) in [4.78, 5) is 33.4. The monoisotopic (exact) mass is 280 g/mol. The molecule has 0 fully saturated rings. The summed E-state index contributed by atoms with van der Waals surface area (Å²) in [6, 6.07) is 3.83. The van der Waals surface area contributed by atoms with Crippen molar-refractivity contribution < 1.29 is 18.8 Å². The van der Waals surface area contributed by atoms with Crippen molar-refractivity contribution in [1.82, 2.24) is 5.32 Å². The highest BCUT2D eigenvalue weighted by atomic mass is 19.1. The van der Waals surface area contributed by atoms with Crippen LogP contribution >= 0.6 is 0 Å². The van der Waals surface area contributed by atoms with E-state index in [0.717, 1.165) is 6.07 Å². The first-order chi connectivity index (χ1) is 9.43. The Bertz CT molecular complexity index is 529. The number of nitrogens with one attached hydrogen (secondary N) is 1. The maximum absolute atomic E-state index is 13.5. The van der Waals surface area contributed by atoms with Gasteiger partial charge in [0, 0.05) is 18.5 Å². The molecule has 0 spiro atoms. The van der Waals surface area contributed by atoms with Gasteiger partial charge in [-0.1, -0.05) is 6.92 Å². The molecule has 2 amide bonds. The average Bonchev–Trinajstić information content (AvgIpc) is 2.40. The van der Waals surface area contributed by atoms with E-state index in [9.17, 15) is 18.8 Å². The fourth-order valence-corrected chi connectivity index (χ4v) is 1.62. The van der Waals surface area contributed by atoms with Gasteiger partial charge in [0.2, 0.25) is 11.8 Å². The molecule has 0 unspecified atom stereocenters. The highest BCUT2D eigenvalue weighted by Gasteiger charge is 2.09. The van der Waals surface area contributed by atoms with Gasteiger partial charge in [-0.25, -0.2) is 4.39 Å². The third kappa shape index (κ3) is 4.79. The Balaban J connectivity index is 2.53. The van der Waals surface area contributed by atoms with Crippen LogP contribution in [0, 0.1) is 5.82 Å². The lowest BCUT2D eigenvalue weighted by molar-refractivity contribution is -0.128. The molecule has 0 aromatic heterocycles. The number of hydrogen-bond acceptors (Lipinski definition) is 3. The minimum Gasteiger partial charge on any atom is -0.366 e. The molecule has 3 N–H and O–H groups in total. The number of nitrogens with two attached hydrogens (primary N) is 1. The zero-order valence-electron chi connectivity index (χ0n) is 11.2. The highest BCUT2D eigenvalue weighted by Crippen LogP contribution is 2.10. The number of rotatable bonds is 7. The third-order valence-corrected chi connectivity index (χ3v) is 2.80. The molecular weight excluding hydrogens is 263 g/mol. The summed E-state index contributed by atoms with van der Waals surface area (Å²) >= 11 is 0. The molecule has 1 rings (SSSR count). The number of benzene rings is 1. The van der Waals surface area contributed by atoms with Crippen LogP contribution in [0.25, 0.3) is 0 Å². The minimum atomic E-state index is -0.635. The van der Waals surface area contributed by atoms with Gasteiger partial charge >= 0.3 is 0 Å². The number of amides is 2. The summed E-state index contributed by atoms with van der Waals surface area (Å²) in [6.07, 6.45) is 0.363. The molecule has 0 aliphatic rings. The number of primary amides is 1. The van der Waals surface area contributed by atoms with Crippen molar-refractivity contribution in [3.05, 3.63) is 35.1 Å². The van der Waals surface area contributed by atoms with Crippen LogP contribution in [0.15, 0.2) is 18.2 Å². The number of ketones is 1. The molecule has 20 heavy (non-hydrogen) atoms. The van der Waals surface area contributed by atoms with Crippen LogP contribution in [0.3, 0.4) is 0 Å². The minimum absolute atomic E-state index is 0.149. The fourth-order valence-electron chi connectivity index (χ4n) is 1.62. The van der Waals surface area contributed by atoms with Crippen LogP contribution in [0.2, 0.25) is 0 Å². The van der Waals surface area contributed by atoms with E-state index in [1.54, 1.807) is 6.92 Å². The van der Waals surface area contributed by atoms with Crippen LogP contribution in [0.4, 0.5) is 4.39 Å². The van der Waals surface area contributed by atoms with Crippen LogP contribution in [-0.4, -0.2) is 24.1 Å². The van der Waals surface area contributed by atoms with Gasteiger partial charge in [0.1, 0.15) is 11.6 Å². The van der Waals surface area contributed by atoms with Gasteiger partial charge in [-0.15, -0.1) is 0 Å². The van der Waals surface area contributed by atoms with Crippen LogP contribution in [0.1, 0.15) is 35.7 Å². The summed E-state index contributed by atoms with van der Waals surface area (Å²) in [5.41, 5.74) is 5.62. The average molecular weight is 280 g/mol. The topological polar surface area (TPSA) is 89.3 Å². The first-order valence-electron chi connectivity index (χ1n) is 6.30. The molecule has 5 nitrogen and oxygen atoms in total. The van der Waals surface area contributed by atoms with Crippen molar-refractivity contribution in [2.45, 2.75) is 26.2 Å². The summed E-state index contributed by atoms with van der Waals surface area (Å²) in [5, 5.41) is 2.53. The Morgan fingerprint density at radius 3 is 2.60 bits per heavy atom. The van der Waals surface area contributed by atoms with Gasteiger partial charge in [0.25, 0.3) is 0 Å². The lowest BCUT2D eigenvalue weighted by Crippen LogP contribution is -2.27. The second-order valence-corrected chi connectivity index (χ2v) is 4.34. The smallest absolute Gasteiger partial charge is 0.248 e. The Kier molecular flexibility index (Phi) is 5.83. The van der Waals surface area contributed by atoms with E-state index < -0.39 is 11.7 Å². The van der Waals surface area contributed by atoms with E-state index in [2.05, 4.69) is 5.32 Å². The summed E-state index contributed by atoms with van der Waals surface area (Å²) in [7, 11) is 0. The first kappa shape index (κ1) is 15.8. The quantitative estimate of drug-likeness (QED) is 0.729. The normalized spacial score (nSPS) is 10.1. The number of Topliss-reactive ketones (excluding diaryl/α,β-unsaturated/α-hetero) is 1. The largest absolute Gasteiger partial charge is 0.366 e. The lowest BCUT2D eigenvalue weighted by Gasteiger charge is -2.07. The van der Waals surface area contributed by atoms with Gasteiger partial charge in [0.05, 0.1) is 6.42 Å². The number of halogens is 1. The van der Waals surface area contributed by atoms with Gasteiger partial charge in [0.15, 0.2) is 0 Å². The Labute approximate surface area is 116 Å². The summed E-state index contributed by atoms with van der Waals surface area (Å²) in [5.74, 6) is -1.63. The predicted octanol–water partition coefficient (Wildman–Crippen LogP) is 0.952. The Morgan fingerprint density at radius 2 is 2.00 bits per heavy atom. The Morgan fingerprint density at radius 1 is 1.30 bits per heavy atom. The molecule has 6 heteroatoms. The summed E-state index contributed by atoms with van der Waals surface area (Å²) < 4.78 is 13.5. The number of carbonyl (C=O) groups excluding carboxylic acids is 3. The Hall–Kier alpha value is -2.24. The van der Waals surface area contributed by atoms with Crippen LogP contribution < -0.4 is 11.1 Å². The van der Waals surface area contributed by atoms with E-state index in [4.69, 9.17) is 5.73 Å². The second-order valence-electron chi connectivity index (χ2n) is 4.34. The molecule has 1 aromatic rings. The molecule has 0 aliphatic heterocycles. The zero-order chi connectivity index (χ0) is 15.1. The third-order valence-electron chi connectivity index (χ3n) is 2.80. The van der Waals surface area contributed by atoms with E-state index >= 15 is 0 Å². The highest BCUT2D eigenvalue weighted by molar-refractivity contribution is 5.97. The van der Waals surface area contributed by atoms with Crippen molar-refractivity contribution in [3.63, 3.8) is 0 Å². The molecule has 108 valence electrons. The SMILES string of the molecule is CCC(=O)CC(=O)NCCc1cc(C(N)=O)ccc1F. The molecule has 1 aromatic carbocycles. The van der Waals surface area contributed by atoms with Crippen molar-refractivity contribution in [2.75, 3.05) is 6.54 Å². The maximum atomic E-state index is 13.5. The molecule has 0 radical (unpaired) electrons. The zero-order valence-corrected chi connectivity index (χ0v) is 11.2. The van der Waals surface area contributed by atoms with Crippen LogP contribution in [-0.2, 0) is 16.0 Å². The molecule has 0 saturated heterocycles. The summed E-state index contributed by atoms with van der Waals surface area (Å²) in [6.45, 7) is 1.87. The van der Waals surface area contributed by atoms with E-state index in [-0.39, 0.29) is 36.6 Å². The molecule has 0 bridgehead atoms. The fraction of sp³-hybridized carbons (Fsp3) is 0.357. The van der Waals surface area contributed by atoms with Crippen LogP contribution in [0.5, 0.6) is 0 Å². The van der Waals surface area contributed by atoms with E-state index in [1.807, 2.05) is 0 Å². The van der Waals surface area contributed by atoms with Crippen molar-refractivity contribution in [2.24, 2.45) is 5.73 Å². The van der Waals surface area contributed by atoms with Gasteiger partial charge in [-0.3, -0.25) is 14.4 Å². The van der Waals surface area contributed by atoms with E-state index in [1.165, 1.54) is 12.1 Å². The molecular formula is C14H17FN2O3. The van der Waals surface area contributed by atoms with Gasteiger partial charge in [-0.05, 0) is 30.2 Å². The maximum Gasteiger partial charge on any atom is 0.248 e.